The van der Waals surface area contributed by atoms with Crippen molar-refractivity contribution < 1.29 is 19.4 Å². The highest BCUT2D eigenvalue weighted by molar-refractivity contribution is 5.86. The van der Waals surface area contributed by atoms with Crippen molar-refractivity contribution in [3.8, 4) is 0 Å². The van der Waals surface area contributed by atoms with Crippen LogP contribution in [0.1, 0.15) is 39.5 Å². The first-order chi connectivity index (χ1) is 8.06. The van der Waals surface area contributed by atoms with Crippen LogP contribution in [0.25, 0.3) is 0 Å². The van der Waals surface area contributed by atoms with Crippen LogP contribution < -0.4 is 5.32 Å². The van der Waals surface area contributed by atoms with Gasteiger partial charge in [0.05, 0.1) is 0 Å². The van der Waals surface area contributed by atoms with Crippen LogP contribution in [0.4, 0.5) is 0 Å². The highest BCUT2D eigenvalue weighted by Crippen LogP contribution is 2.14. The number of carbonyl (C=O) groups excluding carboxylic acids is 1. The van der Waals surface area contributed by atoms with Gasteiger partial charge in [-0.3, -0.25) is 4.79 Å². The van der Waals surface area contributed by atoms with E-state index in [1.54, 1.807) is 0 Å². The molecule has 5 nitrogen and oxygen atoms in total. The minimum atomic E-state index is -0.983. The van der Waals surface area contributed by atoms with Crippen LogP contribution >= 0.6 is 0 Å². The number of carbonyl (C=O) groups is 2. The lowest BCUT2D eigenvalue weighted by Crippen LogP contribution is -2.49. The molecule has 0 aromatic carbocycles. The van der Waals surface area contributed by atoms with Crippen molar-refractivity contribution in [3.63, 3.8) is 0 Å². The number of carboxylic acids is 1. The Kier molecular flexibility index (Phi) is 5.41. The van der Waals surface area contributed by atoms with E-state index in [0.717, 1.165) is 12.8 Å². The van der Waals surface area contributed by atoms with Crippen molar-refractivity contribution in [1.82, 2.24) is 5.32 Å². The Morgan fingerprint density at radius 3 is 2.65 bits per heavy atom. The van der Waals surface area contributed by atoms with E-state index in [9.17, 15) is 9.59 Å². The number of rotatable bonds is 5. The van der Waals surface area contributed by atoms with Crippen LogP contribution in [0.15, 0.2) is 0 Å². The first-order valence-electron chi connectivity index (χ1n) is 6.21. The summed E-state index contributed by atoms with van der Waals surface area (Å²) in [6, 6.07) is -0.821. The summed E-state index contributed by atoms with van der Waals surface area (Å²) in [6.45, 7) is 4.31. The van der Waals surface area contributed by atoms with Crippen LogP contribution in [-0.2, 0) is 14.3 Å². The van der Waals surface area contributed by atoms with Gasteiger partial charge >= 0.3 is 5.97 Å². The number of ether oxygens (including phenoxy) is 1. The molecule has 98 valence electrons. The number of carboxylic acid groups (broad SMARTS) is 1. The Morgan fingerprint density at radius 1 is 1.47 bits per heavy atom. The van der Waals surface area contributed by atoms with Crippen LogP contribution in [-0.4, -0.2) is 35.7 Å². The molecule has 1 amide bonds. The fourth-order valence-corrected chi connectivity index (χ4v) is 1.88. The zero-order valence-electron chi connectivity index (χ0n) is 10.4. The first kappa shape index (κ1) is 14.0. The van der Waals surface area contributed by atoms with Crippen molar-refractivity contribution in [2.75, 3.05) is 6.61 Å². The molecule has 1 heterocycles. The van der Waals surface area contributed by atoms with E-state index in [0.29, 0.717) is 19.4 Å². The molecule has 3 atom stereocenters. The standard InChI is InChI=1S/C12H21NO4/c1-3-8(2)10(12(15)16)13-11(14)9-6-4-5-7-17-9/h8-10H,3-7H2,1-2H3,(H,13,14)(H,15,16)/t8-,9+,10-/m0/s1. The SMILES string of the molecule is CC[C@H](C)[C@H](NC(=O)[C@H]1CCCCO1)C(=O)O. The summed E-state index contributed by atoms with van der Waals surface area (Å²) in [7, 11) is 0. The average molecular weight is 243 g/mol. The van der Waals surface area contributed by atoms with Gasteiger partial charge in [-0.2, -0.15) is 0 Å². The van der Waals surface area contributed by atoms with Crippen LogP contribution in [0.3, 0.4) is 0 Å². The summed E-state index contributed by atoms with van der Waals surface area (Å²) in [4.78, 5) is 22.9. The number of hydrogen-bond acceptors (Lipinski definition) is 3. The van der Waals surface area contributed by atoms with E-state index in [2.05, 4.69) is 5.32 Å². The van der Waals surface area contributed by atoms with Gasteiger partial charge < -0.3 is 15.2 Å². The van der Waals surface area contributed by atoms with E-state index in [-0.39, 0.29) is 11.8 Å². The molecule has 0 aliphatic carbocycles. The lowest BCUT2D eigenvalue weighted by atomic mass is 9.98. The van der Waals surface area contributed by atoms with Gasteiger partial charge in [0.25, 0.3) is 0 Å². The predicted octanol–water partition coefficient (Wildman–Crippen LogP) is 1.17. The molecule has 17 heavy (non-hydrogen) atoms. The molecule has 1 aliphatic heterocycles. The molecule has 1 aliphatic rings. The van der Waals surface area contributed by atoms with Gasteiger partial charge in [-0.05, 0) is 25.2 Å². The average Bonchev–Trinajstić information content (AvgIpc) is 2.35. The topological polar surface area (TPSA) is 75.6 Å². The van der Waals surface area contributed by atoms with E-state index in [1.165, 1.54) is 0 Å². The van der Waals surface area contributed by atoms with Crippen molar-refractivity contribution in [3.05, 3.63) is 0 Å². The number of aliphatic carboxylic acids is 1. The summed E-state index contributed by atoms with van der Waals surface area (Å²) in [5.74, 6) is -1.36. The van der Waals surface area contributed by atoms with Gasteiger partial charge in [0.15, 0.2) is 0 Å². The van der Waals surface area contributed by atoms with Crippen molar-refractivity contribution >= 4 is 11.9 Å². The Morgan fingerprint density at radius 2 is 2.18 bits per heavy atom. The Labute approximate surface area is 102 Å². The summed E-state index contributed by atoms with van der Waals surface area (Å²) in [5.41, 5.74) is 0. The minimum Gasteiger partial charge on any atom is -0.480 e. The Balaban J connectivity index is 2.53. The second kappa shape index (κ2) is 6.59. The van der Waals surface area contributed by atoms with Crippen LogP contribution in [0.5, 0.6) is 0 Å². The lowest BCUT2D eigenvalue weighted by molar-refractivity contribution is -0.146. The third-order valence-electron chi connectivity index (χ3n) is 3.25. The zero-order chi connectivity index (χ0) is 12.8. The summed E-state index contributed by atoms with van der Waals surface area (Å²) >= 11 is 0. The highest BCUT2D eigenvalue weighted by atomic mass is 16.5. The third kappa shape index (κ3) is 4.00. The molecule has 0 radical (unpaired) electrons. The zero-order valence-corrected chi connectivity index (χ0v) is 10.4. The number of amides is 1. The first-order valence-corrected chi connectivity index (χ1v) is 6.21. The smallest absolute Gasteiger partial charge is 0.326 e. The van der Waals surface area contributed by atoms with Gasteiger partial charge in [0.2, 0.25) is 5.91 Å². The normalized spacial score (nSPS) is 23.8. The van der Waals surface area contributed by atoms with Gasteiger partial charge in [0, 0.05) is 6.61 Å². The van der Waals surface area contributed by atoms with E-state index in [4.69, 9.17) is 9.84 Å². The largest absolute Gasteiger partial charge is 0.480 e. The Bertz CT molecular complexity index is 274. The third-order valence-corrected chi connectivity index (χ3v) is 3.25. The van der Waals surface area contributed by atoms with Crippen molar-refractivity contribution in [1.29, 1.82) is 0 Å². The molecule has 2 N–H and O–H groups in total. The molecular weight excluding hydrogens is 222 g/mol. The van der Waals surface area contributed by atoms with Crippen molar-refractivity contribution in [2.24, 2.45) is 5.92 Å². The molecular formula is C12H21NO4. The predicted molar refractivity (Wildman–Crippen MR) is 62.6 cm³/mol. The van der Waals surface area contributed by atoms with Gasteiger partial charge in [0.1, 0.15) is 12.1 Å². The highest BCUT2D eigenvalue weighted by Gasteiger charge is 2.29. The van der Waals surface area contributed by atoms with Crippen molar-refractivity contribution in [2.45, 2.75) is 51.7 Å². The van der Waals surface area contributed by atoms with Gasteiger partial charge in [-0.1, -0.05) is 20.3 Å². The molecule has 0 aromatic rings. The van der Waals surface area contributed by atoms with Gasteiger partial charge in [-0.15, -0.1) is 0 Å². The van der Waals surface area contributed by atoms with E-state index >= 15 is 0 Å². The quantitative estimate of drug-likeness (QED) is 0.760. The molecule has 0 spiro atoms. The number of nitrogens with one attached hydrogen (secondary N) is 1. The minimum absolute atomic E-state index is 0.0833. The molecule has 0 saturated carbocycles. The fraction of sp³-hybridized carbons (Fsp3) is 0.833. The van der Waals surface area contributed by atoms with E-state index < -0.39 is 18.1 Å². The summed E-state index contributed by atoms with van der Waals surface area (Å²) < 4.78 is 5.33. The molecule has 1 saturated heterocycles. The molecule has 1 rings (SSSR count). The second-order valence-corrected chi connectivity index (χ2v) is 4.57. The maximum Gasteiger partial charge on any atom is 0.326 e. The monoisotopic (exact) mass is 243 g/mol. The molecule has 5 heteroatoms. The van der Waals surface area contributed by atoms with E-state index in [1.807, 2.05) is 13.8 Å². The maximum absolute atomic E-state index is 11.8. The molecule has 0 bridgehead atoms. The van der Waals surface area contributed by atoms with Crippen LogP contribution in [0, 0.1) is 5.92 Å². The molecule has 1 fully saturated rings. The summed E-state index contributed by atoms with van der Waals surface area (Å²) in [5, 5.41) is 11.6. The lowest BCUT2D eigenvalue weighted by Gasteiger charge is -2.25. The number of hydrogen-bond donors (Lipinski definition) is 2. The maximum atomic E-state index is 11.8. The van der Waals surface area contributed by atoms with Gasteiger partial charge in [-0.25, -0.2) is 4.79 Å². The molecule has 0 unspecified atom stereocenters. The fourth-order valence-electron chi connectivity index (χ4n) is 1.88. The second-order valence-electron chi connectivity index (χ2n) is 4.57. The summed E-state index contributed by atoms with van der Waals surface area (Å²) in [6.07, 6.45) is 2.84. The Hall–Kier alpha value is -1.10. The molecule has 0 aromatic heterocycles. The van der Waals surface area contributed by atoms with Crippen LogP contribution in [0.2, 0.25) is 0 Å².